The van der Waals surface area contributed by atoms with Crippen molar-refractivity contribution in [3.05, 3.63) is 65.2 Å². The molecule has 2 aromatic carbocycles. The standard InChI is InChI=1S/C21H26N2O4S/c1-3-27-21(24)19-8-10-20(11-9-19)28(25,26)23-14-12-22(13-15-23)16-18-6-4-17(2)5-7-18/h4-11H,3,12-16H2,1-2H3/p+1. The number of nitrogens with zero attached hydrogens (tertiary/aromatic N) is 1. The number of sulfonamides is 1. The number of hydrogen-bond donors (Lipinski definition) is 1. The maximum absolute atomic E-state index is 12.9. The Morgan fingerprint density at radius 1 is 1.04 bits per heavy atom. The second-order valence-electron chi connectivity index (χ2n) is 7.06. The molecule has 0 bridgehead atoms. The highest BCUT2D eigenvalue weighted by atomic mass is 32.2. The number of carbonyl (C=O) groups is 1. The number of rotatable bonds is 6. The number of piperazine rings is 1. The minimum atomic E-state index is -3.55. The van der Waals surface area contributed by atoms with E-state index < -0.39 is 16.0 Å². The molecule has 0 amide bonds. The van der Waals surface area contributed by atoms with Crippen LogP contribution in [0.2, 0.25) is 0 Å². The van der Waals surface area contributed by atoms with Gasteiger partial charge in [0.05, 0.1) is 43.2 Å². The number of nitrogens with one attached hydrogen (secondary N) is 1. The van der Waals surface area contributed by atoms with Gasteiger partial charge in [-0.15, -0.1) is 0 Å². The second-order valence-corrected chi connectivity index (χ2v) is 9.00. The summed E-state index contributed by atoms with van der Waals surface area (Å²) in [6, 6.07) is 14.5. The average Bonchev–Trinajstić information content (AvgIpc) is 2.70. The summed E-state index contributed by atoms with van der Waals surface area (Å²) in [6.07, 6.45) is 0. The summed E-state index contributed by atoms with van der Waals surface area (Å²) in [5.41, 5.74) is 2.86. The maximum atomic E-state index is 12.9. The first-order valence-electron chi connectivity index (χ1n) is 9.56. The molecule has 0 spiro atoms. The molecule has 1 saturated heterocycles. The van der Waals surface area contributed by atoms with Crippen LogP contribution in [-0.4, -0.2) is 51.5 Å². The molecule has 28 heavy (non-hydrogen) atoms. The van der Waals surface area contributed by atoms with Gasteiger partial charge in [-0.25, -0.2) is 13.2 Å². The normalized spacial score (nSPS) is 16.1. The van der Waals surface area contributed by atoms with Crippen molar-refractivity contribution in [2.45, 2.75) is 25.3 Å². The molecular formula is C21H27N2O4S+. The fourth-order valence-electron chi connectivity index (χ4n) is 3.34. The summed E-state index contributed by atoms with van der Waals surface area (Å²) in [6.45, 7) is 7.52. The third-order valence-corrected chi connectivity index (χ3v) is 6.92. The molecule has 0 aliphatic carbocycles. The molecule has 1 aliphatic rings. The van der Waals surface area contributed by atoms with Gasteiger partial charge >= 0.3 is 5.97 Å². The van der Waals surface area contributed by atoms with Crippen molar-refractivity contribution in [2.75, 3.05) is 32.8 Å². The molecule has 0 atom stereocenters. The van der Waals surface area contributed by atoms with Crippen LogP contribution in [0.3, 0.4) is 0 Å². The summed E-state index contributed by atoms with van der Waals surface area (Å²) in [4.78, 5) is 13.3. The van der Waals surface area contributed by atoms with Crippen LogP contribution in [0.4, 0.5) is 0 Å². The molecular weight excluding hydrogens is 376 g/mol. The third kappa shape index (κ3) is 4.79. The van der Waals surface area contributed by atoms with Crippen molar-refractivity contribution in [1.82, 2.24) is 4.31 Å². The molecule has 2 aromatic rings. The van der Waals surface area contributed by atoms with Gasteiger partial charge in [-0.1, -0.05) is 29.8 Å². The summed E-state index contributed by atoms with van der Waals surface area (Å²) in [5.74, 6) is -0.445. The highest BCUT2D eigenvalue weighted by molar-refractivity contribution is 7.89. The highest BCUT2D eigenvalue weighted by Gasteiger charge is 2.30. The van der Waals surface area contributed by atoms with Gasteiger partial charge in [0.15, 0.2) is 0 Å². The molecule has 0 saturated carbocycles. The lowest BCUT2D eigenvalue weighted by Gasteiger charge is -2.31. The van der Waals surface area contributed by atoms with E-state index in [0.29, 0.717) is 18.7 Å². The molecule has 1 fully saturated rings. The molecule has 0 radical (unpaired) electrons. The molecule has 7 heteroatoms. The van der Waals surface area contributed by atoms with Crippen molar-refractivity contribution in [2.24, 2.45) is 0 Å². The predicted molar refractivity (Wildman–Crippen MR) is 107 cm³/mol. The maximum Gasteiger partial charge on any atom is 0.338 e. The molecule has 150 valence electrons. The van der Waals surface area contributed by atoms with E-state index in [1.165, 1.54) is 44.6 Å². The van der Waals surface area contributed by atoms with Crippen LogP contribution in [0.15, 0.2) is 53.4 Å². The Morgan fingerprint density at radius 3 is 2.21 bits per heavy atom. The molecule has 3 rings (SSSR count). The summed E-state index contributed by atoms with van der Waals surface area (Å²) >= 11 is 0. The SMILES string of the molecule is CCOC(=O)c1ccc(S(=O)(=O)N2CC[NH+](Cc3ccc(C)cc3)CC2)cc1. The van der Waals surface area contributed by atoms with Gasteiger partial charge in [0.1, 0.15) is 6.54 Å². The van der Waals surface area contributed by atoms with Gasteiger partial charge in [0.25, 0.3) is 0 Å². The number of ether oxygens (including phenoxy) is 1. The Hall–Kier alpha value is -2.22. The lowest BCUT2D eigenvalue weighted by Crippen LogP contribution is -3.13. The number of benzene rings is 2. The smallest absolute Gasteiger partial charge is 0.338 e. The van der Waals surface area contributed by atoms with E-state index in [9.17, 15) is 13.2 Å². The highest BCUT2D eigenvalue weighted by Crippen LogP contribution is 2.17. The minimum absolute atomic E-state index is 0.211. The van der Waals surface area contributed by atoms with Crippen LogP contribution in [0.1, 0.15) is 28.4 Å². The van der Waals surface area contributed by atoms with Crippen molar-refractivity contribution >= 4 is 16.0 Å². The number of hydrogen-bond acceptors (Lipinski definition) is 4. The third-order valence-electron chi connectivity index (χ3n) is 5.01. The van der Waals surface area contributed by atoms with Crippen LogP contribution in [0, 0.1) is 6.92 Å². The Morgan fingerprint density at radius 2 is 1.64 bits per heavy atom. The van der Waals surface area contributed by atoms with E-state index in [0.717, 1.165) is 19.6 Å². The van der Waals surface area contributed by atoms with E-state index in [4.69, 9.17) is 4.74 Å². The molecule has 1 N–H and O–H groups in total. The van der Waals surface area contributed by atoms with Crippen LogP contribution >= 0.6 is 0 Å². The quantitative estimate of drug-likeness (QED) is 0.738. The van der Waals surface area contributed by atoms with Gasteiger partial charge in [0.2, 0.25) is 10.0 Å². The zero-order valence-corrected chi connectivity index (χ0v) is 17.2. The Labute approximate surface area is 166 Å². The molecule has 0 unspecified atom stereocenters. The average molecular weight is 404 g/mol. The summed E-state index contributed by atoms with van der Waals surface area (Å²) in [5, 5.41) is 0. The summed E-state index contributed by atoms with van der Waals surface area (Å²) < 4.78 is 32.3. The van der Waals surface area contributed by atoms with Crippen molar-refractivity contribution in [1.29, 1.82) is 0 Å². The monoisotopic (exact) mass is 403 g/mol. The predicted octanol–water partition coefficient (Wildman–Crippen LogP) is 1.26. The van der Waals surface area contributed by atoms with E-state index in [-0.39, 0.29) is 11.5 Å². The Balaban J connectivity index is 1.61. The van der Waals surface area contributed by atoms with E-state index in [2.05, 4.69) is 31.2 Å². The van der Waals surface area contributed by atoms with Gasteiger partial charge in [-0.2, -0.15) is 4.31 Å². The lowest BCUT2D eigenvalue weighted by molar-refractivity contribution is -0.917. The van der Waals surface area contributed by atoms with Gasteiger partial charge < -0.3 is 9.64 Å². The first-order valence-corrected chi connectivity index (χ1v) is 11.0. The molecule has 1 aliphatic heterocycles. The largest absolute Gasteiger partial charge is 0.462 e. The lowest BCUT2D eigenvalue weighted by atomic mass is 10.1. The van der Waals surface area contributed by atoms with Gasteiger partial charge in [-0.05, 0) is 38.1 Å². The van der Waals surface area contributed by atoms with Crippen molar-refractivity contribution in [3.63, 3.8) is 0 Å². The van der Waals surface area contributed by atoms with Gasteiger partial charge in [-0.3, -0.25) is 0 Å². The van der Waals surface area contributed by atoms with Crippen LogP contribution < -0.4 is 4.90 Å². The number of esters is 1. The van der Waals surface area contributed by atoms with Crippen LogP contribution in [0.25, 0.3) is 0 Å². The zero-order chi connectivity index (χ0) is 20.1. The van der Waals surface area contributed by atoms with Gasteiger partial charge in [0, 0.05) is 5.56 Å². The fourth-order valence-corrected chi connectivity index (χ4v) is 4.78. The van der Waals surface area contributed by atoms with Crippen molar-refractivity contribution < 1.29 is 22.8 Å². The second kappa shape index (κ2) is 8.86. The number of carbonyl (C=O) groups excluding carboxylic acids is 1. The Kier molecular flexibility index (Phi) is 6.49. The van der Waals surface area contributed by atoms with Crippen molar-refractivity contribution in [3.8, 4) is 0 Å². The van der Waals surface area contributed by atoms with E-state index in [1.54, 1.807) is 6.92 Å². The molecule has 0 aromatic heterocycles. The molecule has 6 nitrogen and oxygen atoms in total. The van der Waals surface area contributed by atoms with Crippen LogP contribution in [0.5, 0.6) is 0 Å². The van der Waals surface area contributed by atoms with E-state index >= 15 is 0 Å². The topological polar surface area (TPSA) is 68.1 Å². The first-order chi connectivity index (χ1) is 13.4. The molecule has 1 heterocycles. The minimum Gasteiger partial charge on any atom is -0.462 e. The van der Waals surface area contributed by atoms with Crippen LogP contribution in [-0.2, 0) is 21.3 Å². The number of quaternary nitrogens is 1. The zero-order valence-electron chi connectivity index (χ0n) is 16.3. The Bertz CT molecular complexity index is 900. The van der Waals surface area contributed by atoms with E-state index in [1.807, 2.05) is 0 Å². The first kappa shape index (κ1) is 20.5. The summed E-state index contributed by atoms with van der Waals surface area (Å²) in [7, 11) is -3.55. The fraction of sp³-hybridized carbons (Fsp3) is 0.381. The number of aryl methyl sites for hydroxylation is 1.